The Morgan fingerprint density at radius 3 is 2.27 bits per heavy atom. The second-order valence-electron chi connectivity index (χ2n) is 6.86. The van der Waals surface area contributed by atoms with Gasteiger partial charge in [0.2, 0.25) is 11.8 Å². The van der Waals surface area contributed by atoms with Gasteiger partial charge in [-0.3, -0.25) is 14.5 Å². The lowest BCUT2D eigenvalue weighted by Gasteiger charge is -2.37. The molecule has 1 aliphatic rings. The lowest BCUT2D eigenvalue weighted by molar-refractivity contribution is -0.141. The van der Waals surface area contributed by atoms with Gasteiger partial charge in [-0.2, -0.15) is 0 Å². The highest BCUT2D eigenvalue weighted by Crippen LogP contribution is 2.25. The van der Waals surface area contributed by atoms with Crippen molar-refractivity contribution in [2.45, 2.75) is 13.0 Å². The third kappa shape index (κ3) is 3.63. The molecule has 2 amide bonds. The van der Waals surface area contributed by atoms with E-state index in [-0.39, 0.29) is 24.4 Å². The molecule has 136 valence electrons. The van der Waals surface area contributed by atoms with Crippen molar-refractivity contribution in [3.05, 3.63) is 65.7 Å². The SMILES string of the molecule is Cc1ccccc1C(C(=O)N1CCN(c2ccccc2)C(=O)C1)N(C)C. The molecule has 5 heteroatoms. The Kier molecular flexibility index (Phi) is 5.38. The number of nitrogens with zero attached hydrogens (tertiary/aromatic N) is 3. The fraction of sp³-hybridized carbons (Fsp3) is 0.333. The van der Waals surface area contributed by atoms with E-state index in [1.807, 2.05) is 80.5 Å². The molecule has 2 aromatic carbocycles. The van der Waals surface area contributed by atoms with Crippen LogP contribution in [0.25, 0.3) is 0 Å². The lowest BCUT2D eigenvalue weighted by atomic mass is 9.99. The molecule has 1 atom stereocenters. The van der Waals surface area contributed by atoms with Gasteiger partial charge >= 0.3 is 0 Å². The maximum absolute atomic E-state index is 13.2. The zero-order valence-electron chi connectivity index (χ0n) is 15.6. The molecule has 0 bridgehead atoms. The zero-order valence-corrected chi connectivity index (χ0v) is 15.6. The Morgan fingerprint density at radius 1 is 1.00 bits per heavy atom. The van der Waals surface area contributed by atoms with Gasteiger partial charge in [-0.25, -0.2) is 0 Å². The fourth-order valence-electron chi connectivity index (χ4n) is 3.44. The highest BCUT2D eigenvalue weighted by molar-refractivity contribution is 5.98. The molecule has 0 N–H and O–H groups in total. The van der Waals surface area contributed by atoms with Crippen LogP contribution in [0.4, 0.5) is 5.69 Å². The molecule has 0 spiro atoms. The van der Waals surface area contributed by atoms with Crippen LogP contribution in [0.5, 0.6) is 0 Å². The Hall–Kier alpha value is -2.66. The summed E-state index contributed by atoms with van der Waals surface area (Å²) in [6, 6.07) is 17.1. The minimum atomic E-state index is -0.382. The van der Waals surface area contributed by atoms with Crippen LogP contribution in [0.3, 0.4) is 0 Å². The number of anilines is 1. The first kappa shape index (κ1) is 18.1. The van der Waals surface area contributed by atoms with E-state index in [0.29, 0.717) is 13.1 Å². The second kappa shape index (κ2) is 7.70. The van der Waals surface area contributed by atoms with Crippen molar-refractivity contribution in [3.8, 4) is 0 Å². The van der Waals surface area contributed by atoms with E-state index in [2.05, 4.69) is 0 Å². The van der Waals surface area contributed by atoms with Gasteiger partial charge < -0.3 is 9.80 Å². The van der Waals surface area contributed by atoms with Crippen LogP contribution in [-0.2, 0) is 9.59 Å². The minimum absolute atomic E-state index is 0.0228. The van der Waals surface area contributed by atoms with Crippen molar-refractivity contribution < 1.29 is 9.59 Å². The second-order valence-corrected chi connectivity index (χ2v) is 6.86. The molecule has 1 saturated heterocycles. The predicted octanol–water partition coefficient (Wildman–Crippen LogP) is 2.47. The molecule has 1 heterocycles. The number of likely N-dealkylation sites (N-methyl/N-ethyl adjacent to an activating group) is 1. The Bertz CT molecular complexity index is 789. The van der Waals surface area contributed by atoms with Gasteiger partial charge in [0.1, 0.15) is 12.6 Å². The maximum atomic E-state index is 13.2. The van der Waals surface area contributed by atoms with Crippen LogP contribution in [0.2, 0.25) is 0 Å². The Balaban J connectivity index is 1.78. The van der Waals surface area contributed by atoms with E-state index in [4.69, 9.17) is 0 Å². The van der Waals surface area contributed by atoms with Crippen molar-refractivity contribution in [1.29, 1.82) is 0 Å². The summed E-state index contributed by atoms with van der Waals surface area (Å²) in [5.74, 6) is -0.0662. The number of benzene rings is 2. The van der Waals surface area contributed by atoms with Crippen LogP contribution >= 0.6 is 0 Å². The quantitative estimate of drug-likeness (QED) is 0.850. The summed E-state index contributed by atoms with van der Waals surface area (Å²) in [6.07, 6.45) is 0. The van der Waals surface area contributed by atoms with E-state index >= 15 is 0 Å². The Labute approximate surface area is 154 Å². The molecule has 26 heavy (non-hydrogen) atoms. The van der Waals surface area contributed by atoms with Crippen molar-refractivity contribution in [2.75, 3.05) is 38.6 Å². The molecule has 0 aliphatic carbocycles. The first-order chi connectivity index (χ1) is 12.5. The van der Waals surface area contributed by atoms with Gasteiger partial charge in [0.15, 0.2) is 0 Å². The molecule has 1 aliphatic heterocycles. The zero-order chi connectivity index (χ0) is 18.7. The van der Waals surface area contributed by atoms with Crippen molar-refractivity contribution in [2.24, 2.45) is 0 Å². The van der Waals surface area contributed by atoms with E-state index in [1.54, 1.807) is 9.80 Å². The lowest BCUT2D eigenvalue weighted by Crippen LogP contribution is -2.54. The number of rotatable bonds is 4. The normalized spacial score (nSPS) is 16.1. The Morgan fingerprint density at radius 2 is 1.65 bits per heavy atom. The topological polar surface area (TPSA) is 43.9 Å². The minimum Gasteiger partial charge on any atom is -0.330 e. The fourth-order valence-corrected chi connectivity index (χ4v) is 3.44. The number of para-hydroxylation sites is 1. The van der Waals surface area contributed by atoms with Crippen LogP contribution in [0.1, 0.15) is 17.2 Å². The summed E-state index contributed by atoms with van der Waals surface area (Å²) in [5.41, 5.74) is 2.95. The van der Waals surface area contributed by atoms with Gasteiger partial charge in [0, 0.05) is 18.8 Å². The number of carbonyl (C=O) groups excluding carboxylic acids is 2. The smallest absolute Gasteiger partial charge is 0.246 e. The summed E-state index contributed by atoms with van der Waals surface area (Å²) >= 11 is 0. The number of aryl methyl sites for hydroxylation is 1. The summed E-state index contributed by atoms with van der Waals surface area (Å²) in [7, 11) is 3.80. The molecule has 0 radical (unpaired) electrons. The van der Waals surface area contributed by atoms with Crippen LogP contribution in [-0.4, -0.2) is 55.3 Å². The standard InChI is InChI=1S/C21H25N3O2/c1-16-9-7-8-12-18(16)20(22(2)3)21(26)23-13-14-24(19(25)15-23)17-10-5-4-6-11-17/h4-12,20H,13-15H2,1-3H3. The molecule has 1 fully saturated rings. The molecule has 5 nitrogen and oxygen atoms in total. The van der Waals surface area contributed by atoms with Gasteiger partial charge in [-0.05, 0) is 44.3 Å². The van der Waals surface area contributed by atoms with Crippen LogP contribution in [0.15, 0.2) is 54.6 Å². The van der Waals surface area contributed by atoms with Crippen molar-refractivity contribution in [1.82, 2.24) is 9.80 Å². The molecule has 2 aromatic rings. The van der Waals surface area contributed by atoms with Crippen LogP contribution in [0, 0.1) is 6.92 Å². The first-order valence-corrected chi connectivity index (χ1v) is 8.85. The largest absolute Gasteiger partial charge is 0.330 e. The van der Waals surface area contributed by atoms with E-state index in [0.717, 1.165) is 16.8 Å². The third-order valence-corrected chi connectivity index (χ3v) is 4.83. The summed E-state index contributed by atoms with van der Waals surface area (Å²) in [4.78, 5) is 31.2. The molecule has 0 saturated carbocycles. The molecular formula is C21H25N3O2. The summed E-state index contributed by atoms with van der Waals surface area (Å²) in [5, 5.41) is 0. The highest BCUT2D eigenvalue weighted by atomic mass is 16.2. The van der Waals surface area contributed by atoms with E-state index < -0.39 is 0 Å². The van der Waals surface area contributed by atoms with Gasteiger partial charge in [0.25, 0.3) is 0 Å². The maximum Gasteiger partial charge on any atom is 0.246 e. The number of amides is 2. The first-order valence-electron chi connectivity index (χ1n) is 8.85. The number of piperazine rings is 1. The number of carbonyl (C=O) groups is 2. The van der Waals surface area contributed by atoms with Gasteiger partial charge in [-0.15, -0.1) is 0 Å². The van der Waals surface area contributed by atoms with Gasteiger partial charge in [0.05, 0.1) is 0 Å². The molecule has 3 rings (SSSR count). The third-order valence-electron chi connectivity index (χ3n) is 4.83. The average Bonchev–Trinajstić information content (AvgIpc) is 2.64. The van der Waals surface area contributed by atoms with Crippen molar-refractivity contribution in [3.63, 3.8) is 0 Å². The van der Waals surface area contributed by atoms with Crippen LogP contribution < -0.4 is 4.90 Å². The highest BCUT2D eigenvalue weighted by Gasteiger charge is 2.34. The molecule has 1 unspecified atom stereocenters. The van der Waals surface area contributed by atoms with E-state index in [1.165, 1.54) is 0 Å². The summed E-state index contributed by atoms with van der Waals surface area (Å²) in [6.45, 7) is 3.18. The molecule has 0 aromatic heterocycles. The van der Waals surface area contributed by atoms with Crippen molar-refractivity contribution >= 4 is 17.5 Å². The number of hydrogen-bond donors (Lipinski definition) is 0. The average molecular weight is 351 g/mol. The van der Waals surface area contributed by atoms with E-state index in [9.17, 15) is 9.59 Å². The predicted molar refractivity (Wildman–Crippen MR) is 103 cm³/mol. The molecular weight excluding hydrogens is 326 g/mol. The number of hydrogen-bond acceptors (Lipinski definition) is 3. The van der Waals surface area contributed by atoms with Gasteiger partial charge in [-0.1, -0.05) is 42.5 Å². The summed E-state index contributed by atoms with van der Waals surface area (Å²) < 4.78 is 0. The monoisotopic (exact) mass is 351 g/mol.